The first-order valence-corrected chi connectivity index (χ1v) is 8.28. The van der Waals surface area contributed by atoms with Crippen molar-refractivity contribution in [1.82, 2.24) is 4.90 Å². The van der Waals surface area contributed by atoms with Gasteiger partial charge in [-0.25, -0.2) is 0 Å². The van der Waals surface area contributed by atoms with E-state index in [1.165, 1.54) is 25.0 Å². The van der Waals surface area contributed by atoms with Crippen LogP contribution in [-0.2, 0) is 9.53 Å². The first-order valence-electron chi connectivity index (χ1n) is 7.12. The molecule has 0 N–H and O–H groups in total. The summed E-state index contributed by atoms with van der Waals surface area (Å²) < 4.78 is 5.60. The number of hydrogen-bond donors (Lipinski definition) is 0. The average molecular weight is 271 g/mol. The van der Waals surface area contributed by atoms with Crippen LogP contribution in [0.5, 0.6) is 0 Å². The van der Waals surface area contributed by atoms with Crippen LogP contribution in [0.4, 0.5) is 0 Å². The topological polar surface area (TPSA) is 29.5 Å². The van der Waals surface area contributed by atoms with Crippen molar-refractivity contribution >= 4 is 17.7 Å². The van der Waals surface area contributed by atoms with E-state index in [4.69, 9.17) is 4.74 Å². The lowest BCUT2D eigenvalue weighted by Crippen LogP contribution is -2.38. The molecule has 0 amide bonds. The van der Waals surface area contributed by atoms with Gasteiger partial charge >= 0.3 is 5.97 Å². The van der Waals surface area contributed by atoms with E-state index in [1.54, 1.807) is 0 Å². The smallest absolute Gasteiger partial charge is 0.320 e. The standard InChI is InChI=1S/C14H25NO2S/c1-11-4-3-5-13(8-11)17-14(16)9-15(2)12-6-7-18-10-12/h11-13H,3-10H2,1-2H3/t11-,12-,13-/m1/s1. The molecule has 0 aromatic rings. The minimum absolute atomic E-state index is 0.0338. The Morgan fingerprint density at radius 2 is 2.22 bits per heavy atom. The second-order valence-electron chi connectivity index (χ2n) is 5.82. The summed E-state index contributed by atoms with van der Waals surface area (Å²) >= 11 is 1.98. The highest BCUT2D eigenvalue weighted by atomic mass is 32.2. The van der Waals surface area contributed by atoms with Crippen LogP contribution in [0.15, 0.2) is 0 Å². The van der Waals surface area contributed by atoms with Crippen molar-refractivity contribution < 1.29 is 9.53 Å². The highest BCUT2D eigenvalue weighted by molar-refractivity contribution is 7.99. The van der Waals surface area contributed by atoms with Gasteiger partial charge in [0.25, 0.3) is 0 Å². The van der Waals surface area contributed by atoms with Gasteiger partial charge in [0, 0.05) is 11.8 Å². The minimum Gasteiger partial charge on any atom is -0.461 e. The van der Waals surface area contributed by atoms with E-state index in [0.717, 1.165) is 18.6 Å². The summed E-state index contributed by atoms with van der Waals surface area (Å²) in [5.41, 5.74) is 0. The molecular weight excluding hydrogens is 246 g/mol. The van der Waals surface area contributed by atoms with Gasteiger partial charge < -0.3 is 4.74 Å². The molecule has 1 saturated heterocycles. The zero-order valence-electron chi connectivity index (χ0n) is 11.6. The van der Waals surface area contributed by atoms with Crippen LogP contribution in [0, 0.1) is 5.92 Å². The van der Waals surface area contributed by atoms with Crippen molar-refractivity contribution in [1.29, 1.82) is 0 Å². The highest BCUT2D eigenvalue weighted by Gasteiger charge is 2.25. The lowest BCUT2D eigenvalue weighted by molar-refractivity contribution is -0.152. The number of hydrogen-bond acceptors (Lipinski definition) is 4. The Labute approximate surface area is 115 Å². The number of carbonyl (C=O) groups excluding carboxylic acids is 1. The molecule has 0 spiro atoms. The van der Waals surface area contributed by atoms with E-state index < -0.39 is 0 Å². The monoisotopic (exact) mass is 271 g/mol. The first kappa shape index (κ1) is 14.2. The summed E-state index contributed by atoms with van der Waals surface area (Å²) in [5.74, 6) is 3.06. The van der Waals surface area contributed by atoms with Crippen molar-refractivity contribution in [3.05, 3.63) is 0 Å². The fourth-order valence-corrected chi connectivity index (χ4v) is 4.21. The molecule has 1 saturated carbocycles. The lowest BCUT2D eigenvalue weighted by atomic mass is 9.89. The van der Waals surface area contributed by atoms with Gasteiger partial charge in [-0.1, -0.05) is 13.3 Å². The maximum absolute atomic E-state index is 11.9. The largest absolute Gasteiger partial charge is 0.461 e. The second kappa shape index (κ2) is 6.80. The van der Waals surface area contributed by atoms with E-state index in [1.807, 2.05) is 18.8 Å². The van der Waals surface area contributed by atoms with Gasteiger partial charge in [0.05, 0.1) is 6.54 Å². The van der Waals surface area contributed by atoms with Gasteiger partial charge in [-0.05, 0) is 44.4 Å². The Kier molecular flexibility index (Phi) is 5.37. The number of ether oxygens (including phenoxy) is 1. The Balaban J connectivity index is 1.70. The van der Waals surface area contributed by atoms with Crippen LogP contribution in [0.3, 0.4) is 0 Å². The third-order valence-electron chi connectivity index (χ3n) is 4.09. The molecule has 0 bridgehead atoms. The summed E-state index contributed by atoms with van der Waals surface area (Å²) in [6.07, 6.45) is 5.97. The van der Waals surface area contributed by atoms with Crippen molar-refractivity contribution in [3.8, 4) is 0 Å². The molecule has 0 radical (unpaired) electrons. The van der Waals surface area contributed by atoms with Crippen LogP contribution >= 0.6 is 11.8 Å². The molecule has 1 aliphatic heterocycles. The van der Waals surface area contributed by atoms with E-state index >= 15 is 0 Å². The molecule has 1 aliphatic carbocycles. The quantitative estimate of drug-likeness (QED) is 0.735. The summed E-state index contributed by atoms with van der Waals surface area (Å²) in [6, 6.07) is 0.563. The molecule has 104 valence electrons. The normalized spacial score (nSPS) is 32.7. The van der Waals surface area contributed by atoms with Gasteiger partial charge in [0.2, 0.25) is 0 Å². The molecule has 0 aromatic carbocycles. The zero-order chi connectivity index (χ0) is 13.0. The molecule has 2 fully saturated rings. The fourth-order valence-electron chi connectivity index (χ4n) is 2.91. The minimum atomic E-state index is -0.0338. The average Bonchev–Trinajstić information content (AvgIpc) is 2.81. The SMILES string of the molecule is C[C@@H]1CCC[C@@H](OC(=O)CN(C)[C@@H]2CCSC2)C1. The Hall–Kier alpha value is -0.220. The summed E-state index contributed by atoms with van der Waals surface area (Å²) in [6.45, 7) is 2.71. The number of thioether (sulfide) groups is 1. The molecule has 0 aromatic heterocycles. The van der Waals surface area contributed by atoms with Crippen molar-refractivity contribution in [2.24, 2.45) is 5.92 Å². The molecule has 3 nitrogen and oxygen atoms in total. The van der Waals surface area contributed by atoms with E-state index in [0.29, 0.717) is 18.5 Å². The number of rotatable bonds is 4. The van der Waals surface area contributed by atoms with Crippen LogP contribution in [0.1, 0.15) is 39.0 Å². The highest BCUT2D eigenvalue weighted by Crippen LogP contribution is 2.26. The summed E-state index contributed by atoms with van der Waals surface area (Å²) in [4.78, 5) is 14.1. The predicted octanol–water partition coefficient (Wildman–Crippen LogP) is 2.55. The zero-order valence-corrected chi connectivity index (χ0v) is 12.4. The molecule has 1 heterocycles. The third kappa shape index (κ3) is 4.16. The van der Waals surface area contributed by atoms with Gasteiger partial charge in [-0.2, -0.15) is 11.8 Å². The number of carbonyl (C=O) groups is 1. The maximum Gasteiger partial charge on any atom is 0.320 e. The molecule has 18 heavy (non-hydrogen) atoms. The van der Waals surface area contributed by atoms with Gasteiger partial charge in [-0.3, -0.25) is 9.69 Å². The van der Waals surface area contributed by atoms with E-state index in [2.05, 4.69) is 11.8 Å². The van der Waals surface area contributed by atoms with Crippen molar-refractivity contribution in [2.75, 3.05) is 25.1 Å². The predicted molar refractivity (Wildman–Crippen MR) is 75.9 cm³/mol. The van der Waals surface area contributed by atoms with E-state index in [9.17, 15) is 4.79 Å². The summed E-state index contributed by atoms with van der Waals surface area (Å²) in [7, 11) is 2.04. The number of esters is 1. The molecular formula is C14H25NO2S. The first-order chi connectivity index (χ1) is 8.65. The number of nitrogens with zero attached hydrogens (tertiary/aromatic N) is 1. The third-order valence-corrected chi connectivity index (χ3v) is 5.24. The molecule has 2 rings (SSSR count). The molecule has 3 atom stereocenters. The van der Waals surface area contributed by atoms with Crippen molar-refractivity contribution in [2.45, 2.75) is 51.2 Å². The Bertz CT molecular complexity index is 273. The van der Waals surface area contributed by atoms with Crippen LogP contribution in [0.2, 0.25) is 0 Å². The maximum atomic E-state index is 11.9. The Morgan fingerprint density at radius 3 is 2.89 bits per heavy atom. The van der Waals surface area contributed by atoms with Gasteiger partial charge in [-0.15, -0.1) is 0 Å². The van der Waals surface area contributed by atoms with Crippen LogP contribution in [0.25, 0.3) is 0 Å². The molecule has 2 aliphatic rings. The van der Waals surface area contributed by atoms with Crippen LogP contribution in [-0.4, -0.2) is 48.1 Å². The number of likely N-dealkylation sites (N-methyl/N-ethyl adjacent to an activating group) is 1. The van der Waals surface area contributed by atoms with Gasteiger partial charge in [0.1, 0.15) is 6.10 Å². The van der Waals surface area contributed by atoms with E-state index in [-0.39, 0.29) is 12.1 Å². The van der Waals surface area contributed by atoms with Crippen molar-refractivity contribution in [3.63, 3.8) is 0 Å². The fraction of sp³-hybridized carbons (Fsp3) is 0.929. The summed E-state index contributed by atoms with van der Waals surface area (Å²) in [5, 5.41) is 0. The second-order valence-corrected chi connectivity index (χ2v) is 6.97. The lowest BCUT2D eigenvalue weighted by Gasteiger charge is -2.28. The molecule has 4 heteroatoms. The molecule has 0 unspecified atom stereocenters. The van der Waals surface area contributed by atoms with Crippen LogP contribution < -0.4 is 0 Å². The van der Waals surface area contributed by atoms with Gasteiger partial charge in [0.15, 0.2) is 0 Å². The Morgan fingerprint density at radius 1 is 1.39 bits per heavy atom.